The summed E-state index contributed by atoms with van der Waals surface area (Å²) in [6, 6.07) is 37.2. The number of hydrogen-bond acceptors (Lipinski definition) is 5. The molecule has 0 atom stereocenters. The smallest absolute Gasteiger partial charge is 0.216 e. The van der Waals surface area contributed by atoms with Crippen LogP contribution >= 0.6 is 0 Å². The van der Waals surface area contributed by atoms with Crippen LogP contribution in [0.4, 0.5) is 0 Å². The van der Waals surface area contributed by atoms with Crippen molar-refractivity contribution in [2.45, 2.75) is 20.8 Å². The molecule has 0 aliphatic carbocycles. The molecule has 0 N–H and O–H groups in total. The van der Waals surface area contributed by atoms with Gasteiger partial charge < -0.3 is 14.4 Å². The van der Waals surface area contributed by atoms with Crippen LogP contribution in [0.25, 0.3) is 66.5 Å². The van der Waals surface area contributed by atoms with Gasteiger partial charge >= 0.3 is 0 Å². The van der Waals surface area contributed by atoms with Gasteiger partial charge in [0, 0.05) is 61.4 Å². The first-order valence-electron chi connectivity index (χ1n) is 14.4. The van der Waals surface area contributed by atoms with E-state index < -0.39 is 0 Å². The van der Waals surface area contributed by atoms with Crippen LogP contribution in [0, 0.1) is 32.9 Å². The third-order valence-electron chi connectivity index (χ3n) is 7.58. The number of nitrogens with zero attached hydrogens (tertiary/aromatic N) is 4. The molecule has 45 heavy (non-hydrogen) atoms. The van der Waals surface area contributed by atoms with E-state index in [0.717, 1.165) is 66.5 Å². The van der Waals surface area contributed by atoms with Crippen LogP contribution in [0.3, 0.4) is 0 Å². The van der Waals surface area contributed by atoms with E-state index in [0.29, 0.717) is 5.71 Å². The molecule has 0 fully saturated rings. The number of fused-ring (bicyclic) bond motifs is 4. The summed E-state index contributed by atoms with van der Waals surface area (Å²) in [7, 11) is 0. The van der Waals surface area contributed by atoms with E-state index in [1.54, 1.807) is 0 Å². The molecule has 5 nitrogen and oxygen atoms in total. The predicted molar refractivity (Wildman–Crippen MR) is 177 cm³/mol. The van der Waals surface area contributed by atoms with Crippen LogP contribution in [-0.4, -0.2) is 19.9 Å². The van der Waals surface area contributed by atoms with Gasteiger partial charge in [-0.2, -0.15) is 0 Å². The third-order valence-corrected chi connectivity index (χ3v) is 7.58. The summed E-state index contributed by atoms with van der Waals surface area (Å²) >= 11 is 0. The van der Waals surface area contributed by atoms with Crippen LogP contribution in [0.1, 0.15) is 16.8 Å². The van der Waals surface area contributed by atoms with Crippen molar-refractivity contribution in [1.29, 1.82) is 0 Å². The number of benzene rings is 3. The van der Waals surface area contributed by atoms with Crippen molar-refractivity contribution in [3.63, 3.8) is 0 Å². The van der Waals surface area contributed by atoms with Gasteiger partial charge in [0.25, 0.3) is 0 Å². The van der Waals surface area contributed by atoms with Crippen molar-refractivity contribution in [2.75, 3.05) is 0 Å². The first-order valence-corrected chi connectivity index (χ1v) is 14.4. The molecule has 3 aromatic carbocycles. The molecular formula is C39H28IrN4O-2. The minimum Gasteiger partial charge on any atom is -0.486 e. The van der Waals surface area contributed by atoms with E-state index in [1.165, 1.54) is 11.1 Å². The number of rotatable bonds is 3. The van der Waals surface area contributed by atoms with Crippen molar-refractivity contribution in [3.8, 4) is 33.6 Å². The molecule has 0 saturated carbocycles. The van der Waals surface area contributed by atoms with Crippen LogP contribution in [-0.2, 0) is 20.1 Å². The largest absolute Gasteiger partial charge is 0.486 e. The average Bonchev–Trinajstić information content (AvgIpc) is 3.43. The molecule has 0 spiro atoms. The van der Waals surface area contributed by atoms with Crippen molar-refractivity contribution < 1.29 is 24.5 Å². The maximum Gasteiger partial charge on any atom is 0.216 e. The fourth-order valence-corrected chi connectivity index (χ4v) is 5.20. The second-order valence-electron chi connectivity index (χ2n) is 10.9. The third kappa shape index (κ3) is 6.30. The van der Waals surface area contributed by atoms with Gasteiger partial charge in [-0.3, -0.25) is 4.98 Å². The van der Waals surface area contributed by atoms with Gasteiger partial charge in [-0.25, -0.2) is 4.98 Å². The van der Waals surface area contributed by atoms with Gasteiger partial charge in [0.2, 0.25) is 5.71 Å². The van der Waals surface area contributed by atoms with Gasteiger partial charge in [-0.1, -0.05) is 48.2 Å². The predicted octanol–water partition coefficient (Wildman–Crippen LogP) is 9.53. The molecule has 5 aromatic heterocycles. The summed E-state index contributed by atoms with van der Waals surface area (Å²) in [4.78, 5) is 17.7. The fourth-order valence-electron chi connectivity index (χ4n) is 5.20. The zero-order valence-electron chi connectivity index (χ0n) is 25.0. The topological polar surface area (TPSA) is 64.7 Å². The normalized spacial score (nSPS) is 10.8. The van der Waals surface area contributed by atoms with Gasteiger partial charge in [-0.15, -0.1) is 53.6 Å². The Balaban J connectivity index is 0.000000201. The Hall–Kier alpha value is -5.03. The van der Waals surface area contributed by atoms with Gasteiger partial charge in [0.15, 0.2) is 0 Å². The van der Waals surface area contributed by atoms with Crippen molar-refractivity contribution in [1.82, 2.24) is 19.9 Å². The van der Waals surface area contributed by atoms with E-state index in [9.17, 15) is 0 Å². The van der Waals surface area contributed by atoms with E-state index in [4.69, 9.17) is 4.42 Å². The minimum atomic E-state index is 0. The van der Waals surface area contributed by atoms with E-state index in [-0.39, 0.29) is 20.1 Å². The molecule has 0 bridgehead atoms. The standard InChI is InChI=1S/C26H16N3O.C13H12N.Ir/c1-16-5-8-22-21-3-2-4-23(25(21)30-26(22)29-16)24-14-19(10-12-28-24)17-6-7-20-15-27-11-9-18(20)13-17;1-10-3-6-12(7-4-10)13-8-5-11(2)9-14-13;/h2-3,5-15H,1H3;3-6,8-9H,1-2H3;/q2*-1;. The molecule has 221 valence electrons. The van der Waals surface area contributed by atoms with Crippen LogP contribution in [0.2, 0.25) is 0 Å². The van der Waals surface area contributed by atoms with E-state index in [2.05, 4.69) is 81.5 Å². The Morgan fingerprint density at radius 2 is 1.51 bits per heavy atom. The van der Waals surface area contributed by atoms with Crippen molar-refractivity contribution in [3.05, 3.63) is 145 Å². The second kappa shape index (κ2) is 12.9. The van der Waals surface area contributed by atoms with Gasteiger partial charge in [0.1, 0.15) is 0 Å². The summed E-state index contributed by atoms with van der Waals surface area (Å²) in [6.07, 6.45) is 7.41. The molecule has 0 aliphatic rings. The monoisotopic (exact) mass is 761 g/mol. The fraction of sp³-hybridized carbons (Fsp3) is 0.0769. The molecule has 0 amide bonds. The second-order valence-corrected chi connectivity index (χ2v) is 10.9. The number of pyridine rings is 4. The van der Waals surface area contributed by atoms with Crippen molar-refractivity contribution >= 4 is 32.8 Å². The number of furan rings is 1. The summed E-state index contributed by atoms with van der Waals surface area (Å²) < 4.78 is 6.13. The van der Waals surface area contributed by atoms with Crippen LogP contribution in [0.5, 0.6) is 0 Å². The quantitative estimate of drug-likeness (QED) is 0.168. The molecule has 6 heteroatoms. The molecule has 0 aliphatic heterocycles. The molecule has 1 radical (unpaired) electrons. The average molecular weight is 761 g/mol. The van der Waals surface area contributed by atoms with E-state index >= 15 is 0 Å². The van der Waals surface area contributed by atoms with Gasteiger partial charge in [-0.05, 0) is 77.6 Å². The molecule has 8 rings (SSSR count). The maximum absolute atomic E-state index is 6.13. The summed E-state index contributed by atoms with van der Waals surface area (Å²) in [5.41, 5.74) is 10.7. The molecular weight excluding hydrogens is 733 g/mol. The SMILES string of the molecule is Cc1c[c-]c(-c2ccc(C)cn2)cc1.Cc1ccc2c(n1)oc1c(-c3cc(-c4ccc5cnccc5c4)ccn3)[c-]ccc12.[Ir]. The Labute approximate surface area is 275 Å². The van der Waals surface area contributed by atoms with Crippen molar-refractivity contribution in [2.24, 2.45) is 0 Å². The maximum atomic E-state index is 6.13. The van der Waals surface area contributed by atoms with Crippen LogP contribution in [0.15, 0.2) is 120 Å². The minimum absolute atomic E-state index is 0. The number of aromatic nitrogens is 4. The Kier molecular flexibility index (Phi) is 8.61. The Bertz CT molecular complexity index is 2210. The first-order chi connectivity index (χ1) is 21.5. The summed E-state index contributed by atoms with van der Waals surface area (Å²) in [5.74, 6) is 0. The molecule has 0 saturated heterocycles. The molecule has 8 aromatic rings. The molecule has 5 heterocycles. The summed E-state index contributed by atoms with van der Waals surface area (Å²) in [6.45, 7) is 6.06. The Morgan fingerprint density at radius 1 is 0.644 bits per heavy atom. The zero-order chi connectivity index (χ0) is 30.0. The van der Waals surface area contributed by atoms with E-state index in [1.807, 2.05) is 87.2 Å². The number of aryl methyl sites for hydroxylation is 3. The Morgan fingerprint density at radius 3 is 2.33 bits per heavy atom. The zero-order valence-corrected chi connectivity index (χ0v) is 27.4. The van der Waals surface area contributed by atoms with Gasteiger partial charge in [0.05, 0.1) is 5.58 Å². The van der Waals surface area contributed by atoms with Crippen LogP contribution < -0.4 is 0 Å². The summed E-state index contributed by atoms with van der Waals surface area (Å²) in [5, 5.41) is 4.31. The number of hydrogen-bond donors (Lipinski definition) is 0. The first kappa shape index (κ1) is 30.0. The molecule has 0 unspecified atom stereocenters.